The number of carbonyl (C=O) groups excluding carboxylic acids is 1. The van der Waals surface area contributed by atoms with E-state index >= 15 is 0 Å². The number of hydrogen-bond donors (Lipinski definition) is 1. The van der Waals surface area contributed by atoms with E-state index in [1.54, 1.807) is 6.07 Å². The van der Waals surface area contributed by atoms with Gasteiger partial charge in [0.05, 0.1) is 5.56 Å². The van der Waals surface area contributed by atoms with Crippen molar-refractivity contribution < 1.29 is 27.9 Å². The summed E-state index contributed by atoms with van der Waals surface area (Å²) in [6.07, 6.45) is -4.37. The molecule has 15 heavy (non-hydrogen) atoms. The minimum absolute atomic E-state index is 0.167. The quantitative estimate of drug-likeness (QED) is 0.581. The first-order valence-corrected chi connectivity index (χ1v) is 3.68. The number of aliphatic carboxylic acids is 1. The lowest BCUT2D eigenvalue weighted by molar-refractivity contribution is -0.143. The average Bonchev–Trinajstić information content (AvgIpc) is 2.19. The second kappa shape index (κ2) is 5.79. The third-order valence-corrected chi connectivity index (χ3v) is 1.20. The van der Waals surface area contributed by atoms with Crippen LogP contribution in [0.4, 0.5) is 13.2 Å². The molecular weight excluding hydrogens is 213 g/mol. The molecule has 0 aliphatic carbocycles. The van der Waals surface area contributed by atoms with Crippen LogP contribution in [0.1, 0.15) is 5.56 Å². The minimum Gasteiger partial charge on any atom is -0.476 e. The van der Waals surface area contributed by atoms with Crippen molar-refractivity contribution in [1.82, 2.24) is 0 Å². The van der Waals surface area contributed by atoms with Crippen molar-refractivity contribution in [3.8, 4) is 0 Å². The molecule has 0 aromatic heterocycles. The standard InChI is InChI=1S/C7H5F3.C2H2O3/c8-7(9,10)6-4-2-1-3-5-6;3-1-2(4)5/h1-5H;1H,(H,4,5). The Hall–Kier alpha value is -1.85. The molecule has 0 atom stereocenters. The summed E-state index contributed by atoms with van der Waals surface area (Å²) >= 11 is 0. The molecular formula is C9H7F3O3. The van der Waals surface area contributed by atoms with Crippen LogP contribution in [0.3, 0.4) is 0 Å². The van der Waals surface area contributed by atoms with Crippen LogP contribution in [0.2, 0.25) is 0 Å². The van der Waals surface area contributed by atoms with Crippen molar-refractivity contribution >= 4 is 12.3 Å². The number of rotatable bonds is 1. The fourth-order valence-corrected chi connectivity index (χ4v) is 0.627. The first-order chi connectivity index (χ1) is 6.88. The summed E-state index contributed by atoms with van der Waals surface area (Å²) in [6.45, 7) is 0. The van der Waals surface area contributed by atoms with E-state index in [1.165, 1.54) is 12.1 Å². The largest absolute Gasteiger partial charge is 0.476 e. The SMILES string of the molecule is FC(F)(F)c1ccccc1.O=CC(=O)O. The number of hydrogen-bond acceptors (Lipinski definition) is 2. The lowest BCUT2D eigenvalue weighted by Crippen LogP contribution is -2.03. The number of halogens is 3. The summed E-state index contributed by atoms with van der Waals surface area (Å²) in [5.41, 5.74) is -0.602. The van der Waals surface area contributed by atoms with Crippen LogP contribution in [0.15, 0.2) is 30.3 Å². The lowest BCUT2D eigenvalue weighted by Gasteiger charge is -2.03. The van der Waals surface area contributed by atoms with Gasteiger partial charge in [-0.25, -0.2) is 4.79 Å². The van der Waals surface area contributed by atoms with E-state index in [-0.39, 0.29) is 6.29 Å². The Labute approximate surface area is 83.1 Å². The Morgan fingerprint density at radius 2 is 1.60 bits per heavy atom. The van der Waals surface area contributed by atoms with Crippen LogP contribution in [0.25, 0.3) is 0 Å². The molecule has 0 heterocycles. The van der Waals surface area contributed by atoms with E-state index < -0.39 is 17.7 Å². The number of benzene rings is 1. The van der Waals surface area contributed by atoms with Crippen molar-refractivity contribution in [3.63, 3.8) is 0 Å². The molecule has 0 saturated heterocycles. The molecule has 3 nitrogen and oxygen atoms in total. The fourth-order valence-electron chi connectivity index (χ4n) is 0.627. The molecule has 1 aromatic carbocycles. The van der Waals surface area contributed by atoms with E-state index in [4.69, 9.17) is 14.7 Å². The Morgan fingerprint density at radius 3 is 1.80 bits per heavy atom. The van der Waals surface area contributed by atoms with Crippen molar-refractivity contribution in [2.24, 2.45) is 0 Å². The van der Waals surface area contributed by atoms with Gasteiger partial charge in [-0.1, -0.05) is 30.3 Å². The Kier molecular flexibility index (Phi) is 5.08. The van der Waals surface area contributed by atoms with Gasteiger partial charge < -0.3 is 5.11 Å². The molecule has 0 amide bonds. The highest BCUT2D eigenvalue weighted by Crippen LogP contribution is 2.28. The highest BCUT2D eigenvalue weighted by molar-refractivity contribution is 6.19. The Morgan fingerprint density at radius 1 is 1.20 bits per heavy atom. The zero-order chi connectivity index (χ0) is 11.9. The van der Waals surface area contributed by atoms with Gasteiger partial charge in [0.1, 0.15) is 0 Å². The molecule has 1 rings (SSSR count). The van der Waals surface area contributed by atoms with E-state index in [2.05, 4.69) is 0 Å². The van der Waals surface area contributed by atoms with Crippen LogP contribution >= 0.6 is 0 Å². The van der Waals surface area contributed by atoms with Crippen molar-refractivity contribution in [1.29, 1.82) is 0 Å². The van der Waals surface area contributed by atoms with Gasteiger partial charge in [-0.15, -0.1) is 0 Å². The van der Waals surface area contributed by atoms with Gasteiger partial charge in [0.15, 0.2) is 0 Å². The third kappa shape index (κ3) is 6.25. The van der Waals surface area contributed by atoms with Crippen LogP contribution < -0.4 is 0 Å². The molecule has 0 spiro atoms. The molecule has 0 fully saturated rings. The Bertz CT molecular complexity index is 319. The van der Waals surface area contributed by atoms with Crippen molar-refractivity contribution in [2.75, 3.05) is 0 Å². The van der Waals surface area contributed by atoms with E-state index in [0.717, 1.165) is 12.1 Å². The highest BCUT2D eigenvalue weighted by Gasteiger charge is 2.29. The second-order valence-electron chi connectivity index (χ2n) is 2.32. The number of aldehydes is 1. The number of carboxylic acid groups (broad SMARTS) is 1. The Balaban J connectivity index is 0.000000336. The summed E-state index contributed by atoms with van der Waals surface area (Å²) < 4.78 is 35.4. The van der Waals surface area contributed by atoms with Crippen LogP contribution in [0.5, 0.6) is 0 Å². The van der Waals surface area contributed by atoms with Crippen LogP contribution in [0, 0.1) is 0 Å². The maximum atomic E-state index is 11.8. The van der Waals surface area contributed by atoms with E-state index in [0.29, 0.717) is 0 Å². The first kappa shape index (κ1) is 13.2. The molecule has 82 valence electrons. The maximum absolute atomic E-state index is 11.8. The van der Waals surface area contributed by atoms with Crippen LogP contribution in [-0.2, 0) is 15.8 Å². The van der Waals surface area contributed by atoms with E-state index in [9.17, 15) is 13.2 Å². The zero-order valence-corrected chi connectivity index (χ0v) is 7.36. The molecule has 0 aliphatic rings. The summed E-state index contributed by atoms with van der Waals surface area (Å²) in [6, 6.07) is 6.36. The second-order valence-corrected chi connectivity index (χ2v) is 2.32. The van der Waals surface area contributed by atoms with Gasteiger partial charge in [0, 0.05) is 0 Å². The molecule has 1 aromatic rings. The smallest absolute Gasteiger partial charge is 0.416 e. The molecule has 0 saturated carbocycles. The van der Waals surface area contributed by atoms with Gasteiger partial charge in [0.2, 0.25) is 6.29 Å². The molecule has 0 radical (unpaired) electrons. The fraction of sp³-hybridized carbons (Fsp3) is 0.111. The first-order valence-electron chi connectivity index (χ1n) is 3.68. The molecule has 6 heteroatoms. The molecule has 0 bridgehead atoms. The predicted octanol–water partition coefficient (Wildman–Crippen LogP) is 1.98. The van der Waals surface area contributed by atoms with Gasteiger partial charge >= 0.3 is 12.1 Å². The van der Waals surface area contributed by atoms with Crippen molar-refractivity contribution in [3.05, 3.63) is 35.9 Å². The topological polar surface area (TPSA) is 54.4 Å². The normalized spacial score (nSPS) is 9.80. The molecule has 0 aliphatic heterocycles. The molecule has 1 N–H and O–H groups in total. The summed E-state index contributed by atoms with van der Waals surface area (Å²) in [7, 11) is 0. The lowest BCUT2D eigenvalue weighted by atomic mass is 10.2. The number of carbonyl (C=O) groups is 2. The summed E-state index contributed by atoms with van der Waals surface area (Å²) in [4.78, 5) is 17.9. The monoisotopic (exact) mass is 220 g/mol. The zero-order valence-electron chi connectivity index (χ0n) is 7.36. The third-order valence-electron chi connectivity index (χ3n) is 1.20. The summed E-state index contributed by atoms with van der Waals surface area (Å²) in [5.74, 6) is -1.43. The van der Waals surface area contributed by atoms with Crippen molar-refractivity contribution in [2.45, 2.75) is 6.18 Å². The number of alkyl halides is 3. The predicted molar refractivity (Wildman–Crippen MR) is 45.1 cm³/mol. The van der Waals surface area contributed by atoms with Gasteiger partial charge in [-0.2, -0.15) is 13.2 Å². The maximum Gasteiger partial charge on any atom is 0.416 e. The van der Waals surface area contributed by atoms with Gasteiger partial charge in [-0.3, -0.25) is 4.79 Å². The van der Waals surface area contributed by atoms with E-state index in [1.807, 2.05) is 0 Å². The van der Waals surface area contributed by atoms with Gasteiger partial charge in [0.25, 0.3) is 0 Å². The van der Waals surface area contributed by atoms with Gasteiger partial charge in [-0.05, 0) is 0 Å². The summed E-state index contributed by atoms with van der Waals surface area (Å²) in [5, 5.41) is 7.35. The number of carboxylic acids is 1. The van der Waals surface area contributed by atoms with Crippen LogP contribution in [-0.4, -0.2) is 17.4 Å². The molecule has 0 unspecified atom stereocenters. The minimum atomic E-state index is -4.21. The highest BCUT2D eigenvalue weighted by atomic mass is 19.4. The average molecular weight is 220 g/mol.